The molecule has 0 aliphatic carbocycles. The molecule has 1 aromatic rings. The Morgan fingerprint density at radius 2 is 1.88 bits per heavy atom. The zero-order chi connectivity index (χ0) is 17.6. The van der Waals surface area contributed by atoms with E-state index < -0.39 is 9.84 Å². The highest BCUT2D eigenvalue weighted by atomic mass is 32.2. The Kier molecular flexibility index (Phi) is 6.77. The van der Waals surface area contributed by atoms with Crippen LogP contribution >= 0.6 is 0 Å². The van der Waals surface area contributed by atoms with Crippen LogP contribution in [-0.4, -0.2) is 68.4 Å². The van der Waals surface area contributed by atoms with Gasteiger partial charge in [0.15, 0.2) is 9.84 Å². The average molecular weight is 353 g/mol. The topological polar surface area (TPSA) is 69.7 Å². The van der Waals surface area contributed by atoms with Gasteiger partial charge < -0.3 is 5.32 Å². The summed E-state index contributed by atoms with van der Waals surface area (Å²) in [5, 5.41) is 2.91. The van der Waals surface area contributed by atoms with Gasteiger partial charge in [0.05, 0.1) is 18.1 Å². The Morgan fingerprint density at radius 3 is 2.50 bits per heavy atom. The number of carbonyl (C=O) groups excluding carboxylic acids is 1. The molecule has 0 atom stereocenters. The van der Waals surface area contributed by atoms with E-state index in [0.717, 1.165) is 25.3 Å². The highest BCUT2D eigenvalue weighted by molar-refractivity contribution is 7.91. The van der Waals surface area contributed by atoms with E-state index in [4.69, 9.17) is 0 Å². The molecule has 2 rings (SSSR count). The smallest absolute Gasteiger partial charge is 0.238 e. The third kappa shape index (κ3) is 5.89. The Balaban J connectivity index is 1.87. The zero-order valence-corrected chi connectivity index (χ0v) is 15.3. The van der Waals surface area contributed by atoms with E-state index in [-0.39, 0.29) is 24.0 Å². The van der Waals surface area contributed by atoms with Crippen molar-refractivity contribution in [2.24, 2.45) is 0 Å². The summed E-state index contributed by atoms with van der Waals surface area (Å²) in [5.74, 6) is 0.175. The largest absolute Gasteiger partial charge is 0.325 e. The van der Waals surface area contributed by atoms with Gasteiger partial charge in [-0.15, -0.1) is 0 Å². The second kappa shape index (κ2) is 8.60. The van der Waals surface area contributed by atoms with Gasteiger partial charge in [-0.25, -0.2) is 8.42 Å². The summed E-state index contributed by atoms with van der Waals surface area (Å²) in [6.45, 7) is 8.20. The van der Waals surface area contributed by atoms with Crippen LogP contribution in [0.15, 0.2) is 24.3 Å². The molecule has 6 nitrogen and oxygen atoms in total. The highest BCUT2D eigenvalue weighted by Crippen LogP contribution is 2.13. The Labute approximate surface area is 144 Å². The monoisotopic (exact) mass is 353 g/mol. The fourth-order valence-electron chi connectivity index (χ4n) is 2.76. The summed E-state index contributed by atoms with van der Waals surface area (Å²) in [4.78, 5) is 16.4. The standard InChI is InChI=1S/C17H27N3O3S/c1-3-19(4-2)13-15-6-5-7-16(12-15)18-17(21)14-20-8-10-24(22,23)11-9-20/h5-7,12H,3-4,8-11,13-14H2,1-2H3,(H,18,21). The molecule has 1 fully saturated rings. The molecule has 0 spiro atoms. The van der Waals surface area contributed by atoms with Gasteiger partial charge in [-0.05, 0) is 30.8 Å². The summed E-state index contributed by atoms with van der Waals surface area (Å²) >= 11 is 0. The molecule has 1 aliphatic rings. The normalized spacial score (nSPS) is 17.8. The van der Waals surface area contributed by atoms with Gasteiger partial charge in [0, 0.05) is 25.3 Å². The number of hydrogen-bond acceptors (Lipinski definition) is 5. The van der Waals surface area contributed by atoms with Crippen molar-refractivity contribution >= 4 is 21.4 Å². The minimum atomic E-state index is -2.91. The highest BCUT2D eigenvalue weighted by Gasteiger charge is 2.22. The lowest BCUT2D eigenvalue weighted by Gasteiger charge is -2.25. The first-order chi connectivity index (χ1) is 11.4. The molecule has 0 saturated carbocycles. The molecule has 1 aliphatic heterocycles. The van der Waals surface area contributed by atoms with Gasteiger partial charge in [0.1, 0.15) is 0 Å². The van der Waals surface area contributed by atoms with Crippen molar-refractivity contribution in [1.29, 1.82) is 0 Å². The van der Waals surface area contributed by atoms with Crippen LogP contribution in [0.25, 0.3) is 0 Å². The lowest BCUT2D eigenvalue weighted by atomic mass is 10.2. The Morgan fingerprint density at radius 1 is 1.21 bits per heavy atom. The lowest BCUT2D eigenvalue weighted by Crippen LogP contribution is -2.43. The van der Waals surface area contributed by atoms with E-state index in [1.807, 2.05) is 23.1 Å². The van der Waals surface area contributed by atoms with Crippen LogP contribution in [0.3, 0.4) is 0 Å². The molecule has 134 valence electrons. The van der Waals surface area contributed by atoms with Crippen molar-refractivity contribution < 1.29 is 13.2 Å². The van der Waals surface area contributed by atoms with Gasteiger partial charge in [0.2, 0.25) is 5.91 Å². The molecule has 1 aromatic carbocycles. The van der Waals surface area contributed by atoms with E-state index in [2.05, 4.69) is 30.1 Å². The van der Waals surface area contributed by atoms with Crippen LogP contribution in [0, 0.1) is 0 Å². The van der Waals surface area contributed by atoms with Gasteiger partial charge >= 0.3 is 0 Å². The molecule has 1 heterocycles. The predicted octanol–water partition coefficient (Wildman–Crippen LogP) is 1.20. The van der Waals surface area contributed by atoms with Gasteiger partial charge in [-0.2, -0.15) is 0 Å². The number of carbonyl (C=O) groups is 1. The zero-order valence-electron chi connectivity index (χ0n) is 14.5. The van der Waals surface area contributed by atoms with E-state index in [1.54, 1.807) is 0 Å². The number of sulfone groups is 1. The van der Waals surface area contributed by atoms with Crippen LogP contribution in [0.5, 0.6) is 0 Å². The average Bonchev–Trinajstić information content (AvgIpc) is 2.55. The first-order valence-electron chi connectivity index (χ1n) is 8.45. The molecule has 0 radical (unpaired) electrons. The number of hydrogen-bond donors (Lipinski definition) is 1. The van der Waals surface area contributed by atoms with Crippen molar-refractivity contribution in [2.45, 2.75) is 20.4 Å². The quantitative estimate of drug-likeness (QED) is 0.798. The van der Waals surface area contributed by atoms with Crippen molar-refractivity contribution in [1.82, 2.24) is 9.80 Å². The van der Waals surface area contributed by atoms with Crippen LogP contribution in [-0.2, 0) is 21.2 Å². The Bertz CT molecular complexity index is 643. The summed E-state index contributed by atoms with van der Waals surface area (Å²) < 4.78 is 22.8. The maximum Gasteiger partial charge on any atom is 0.238 e. The molecule has 1 N–H and O–H groups in total. The molecular weight excluding hydrogens is 326 g/mol. The number of nitrogens with one attached hydrogen (secondary N) is 1. The fraction of sp³-hybridized carbons (Fsp3) is 0.588. The van der Waals surface area contributed by atoms with Crippen LogP contribution in [0.1, 0.15) is 19.4 Å². The van der Waals surface area contributed by atoms with E-state index in [9.17, 15) is 13.2 Å². The molecule has 7 heteroatoms. The number of benzene rings is 1. The summed E-state index contributed by atoms with van der Waals surface area (Å²) in [5.41, 5.74) is 1.95. The number of nitrogens with zero attached hydrogens (tertiary/aromatic N) is 2. The Hall–Kier alpha value is -1.44. The summed E-state index contributed by atoms with van der Waals surface area (Å²) in [6, 6.07) is 7.88. The van der Waals surface area contributed by atoms with Gasteiger partial charge in [0.25, 0.3) is 0 Å². The van der Waals surface area contributed by atoms with Crippen molar-refractivity contribution in [2.75, 3.05) is 49.5 Å². The number of anilines is 1. The third-order valence-corrected chi connectivity index (χ3v) is 5.92. The van der Waals surface area contributed by atoms with Crippen molar-refractivity contribution in [3.63, 3.8) is 0 Å². The van der Waals surface area contributed by atoms with Crippen LogP contribution in [0.2, 0.25) is 0 Å². The second-order valence-corrected chi connectivity index (χ2v) is 8.44. The predicted molar refractivity (Wildman–Crippen MR) is 96.8 cm³/mol. The number of amides is 1. The second-order valence-electron chi connectivity index (χ2n) is 6.14. The minimum absolute atomic E-state index is 0.103. The lowest BCUT2D eigenvalue weighted by molar-refractivity contribution is -0.117. The molecule has 1 amide bonds. The molecule has 1 saturated heterocycles. The van der Waals surface area contributed by atoms with Crippen molar-refractivity contribution in [3.05, 3.63) is 29.8 Å². The fourth-order valence-corrected chi connectivity index (χ4v) is 4.04. The van der Waals surface area contributed by atoms with E-state index in [0.29, 0.717) is 13.1 Å². The molecular formula is C17H27N3O3S. The van der Waals surface area contributed by atoms with Gasteiger partial charge in [-0.1, -0.05) is 26.0 Å². The van der Waals surface area contributed by atoms with Crippen LogP contribution in [0.4, 0.5) is 5.69 Å². The summed E-state index contributed by atoms with van der Waals surface area (Å²) in [6.07, 6.45) is 0. The first kappa shape index (κ1) is 18.9. The number of rotatable bonds is 7. The molecule has 24 heavy (non-hydrogen) atoms. The minimum Gasteiger partial charge on any atom is -0.325 e. The van der Waals surface area contributed by atoms with E-state index in [1.165, 1.54) is 5.56 Å². The first-order valence-corrected chi connectivity index (χ1v) is 10.3. The third-order valence-electron chi connectivity index (χ3n) is 4.32. The SMILES string of the molecule is CCN(CC)Cc1cccc(NC(=O)CN2CCS(=O)(=O)CC2)c1. The summed E-state index contributed by atoms with van der Waals surface area (Å²) in [7, 11) is -2.91. The molecule has 0 bridgehead atoms. The van der Waals surface area contributed by atoms with Crippen LogP contribution < -0.4 is 5.32 Å². The maximum atomic E-state index is 12.2. The molecule has 0 aromatic heterocycles. The van der Waals surface area contributed by atoms with Gasteiger partial charge in [-0.3, -0.25) is 14.6 Å². The van der Waals surface area contributed by atoms with E-state index >= 15 is 0 Å². The van der Waals surface area contributed by atoms with Crippen molar-refractivity contribution in [3.8, 4) is 0 Å². The molecule has 0 unspecified atom stereocenters. The maximum absolute atomic E-state index is 12.2.